The van der Waals surface area contributed by atoms with Gasteiger partial charge >= 0.3 is 0 Å². The number of aromatic nitrogens is 1. The third kappa shape index (κ3) is 3.09. The molecule has 1 atom stereocenters. The van der Waals surface area contributed by atoms with Gasteiger partial charge in [0.2, 0.25) is 5.89 Å². The van der Waals surface area contributed by atoms with E-state index in [0.717, 1.165) is 11.7 Å². The molecule has 1 unspecified atom stereocenters. The molecule has 0 aliphatic heterocycles. The molecule has 1 aromatic heterocycles. The number of nitrogens with zero attached hydrogens (tertiary/aromatic N) is 1. The van der Waals surface area contributed by atoms with Crippen LogP contribution in [0.5, 0.6) is 0 Å². The van der Waals surface area contributed by atoms with Crippen molar-refractivity contribution in [1.82, 2.24) is 4.98 Å². The fraction of sp³-hybridized carbons (Fsp3) is 0.800. The van der Waals surface area contributed by atoms with Crippen LogP contribution in [0.15, 0.2) is 10.6 Å². The minimum atomic E-state index is -0.135. The van der Waals surface area contributed by atoms with Gasteiger partial charge < -0.3 is 4.42 Å². The van der Waals surface area contributed by atoms with Crippen molar-refractivity contribution in [3.8, 4) is 0 Å². The van der Waals surface area contributed by atoms with Crippen LogP contribution in [-0.4, -0.2) is 4.98 Å². The van der Waals surface area contributed by atoms with Crippen LogP contribution in [0.4, 0.5) is 0 Å². The van der Waals surface area contributed by atoms with E-state index in [2.05, 4.69) is 25.8 Å². The quantitative estimate of drug-likeness (QED) is 0.682. The summed E-state index contributed by atoms with van der Waals surface area (Å²) >= 11 is 5.98. The molecule has 1 aliphatic rings. The Morgan fingerprint density at radius 3 is 2.33 bits per heavy atom. The van der Waals surface area contributed by atoms with Gasteiger partial charge in [-0.2, -0.15) is 0 Å². The Hall–Kier alpha value is -0.500. The molecule has 1 saturated carbocycles. The topological polar surface area (TPSA) is 26.0 Å². The summed E-state index contributed by atoms with van der Waals surface area (Å²) in [6.45, 7) is 8.94. The second-order valence-corrected chi connectivity index (χ2v) is 7.29. The molecular formula is C15H24ClNO. The zero-order valence-electron chi connectivity index (χ0n) is 11.9. The third-order valence-electron chi connectivity index (χ3n) is 4.24. The Morgan fingerprint density at radius 1 is 1.28 bits per heavy atom. The maximum atomic E-state index is 5.98. The summed E-state index contributed by atoms with van der Waals surface area (Å²) in [7, 11) is 0. The Kier molecular flexibility index (Phi) is 4.05. The van der Waals surface area contributed by atoms with Crippen LogP contribution in [0.1, 0.15) is 76.3 Å². The van der Waals surface area contributed by atoms with Crippen molar-refractivity contribution >= 4 is 11.6 Å². The highest BCUT2D eigenvalue weighted by molar-refractivity contribution is 6.20. The lowest BCUT2D eigenvalue weighted by Gasteiger charge is -2.36. The molecule has 3 heteroatoms. The van der Waals surface area contributed by atoms with Crippen LogP contribution in [-0.2, 0) is 0 Å². The molecule has 1 heterocycles. The summed E-state index contributed by atoms with van der Waals surface area (Å²) in [4.78, 5) is 4.26. The fourth-order valence-electron chi connectivity index (χ4n) is 2.92. The summed E-state index contributed by atoms with van der Waals surface area (Å²) in [5, 5.41) is -0.135. The van der Waals surface area contributed by atoms with Gasteiger partial charge in [0.1, 0.15) is 11.1 Å². The zero-order valence-corrected chi connectivity index (χ0v) is 12.6. The molecule has 102 valence electrons. The van der Waals surface area contributed by atoms with Gasteiger partial charge in [0.05, 0.1) is 6.20 Å². The number of alkyl halides is 1. The second-order valence-electron chi connectivity index (χ2n) is 6.63. The lowest BCUT2D eigenvalue weighted by Crippen LogP contribution is -2.25. The van der Waals surface area contributed by atoms with Crippen molar-refractivity contribution < 1.29 is 4.42 Å². The molecule has 0 amide bonds. The van der Waals surface area contributed by atoms with E-state index >= 15 is 0 Å². The standard InChI is InChI=1S/C15H24ClNO/c1-10(16)14-17-9-13(18-14)11-5-7-12(8-6-11)15(2,3)4/h9-12H,5-8H2,1-4H3. The van der Waals surface area contributed by atoms with Crippen molar-refractivity contribution in [2.45, 2.75) is 64.7 Å². The van der Waals surface area contributed by atoms with E-state index in [1.54, 1.807) is 0 Å². The van der Waals surface area contributed by atoms with Gasteiger partial charge in [0.15, 0.2) is 0 Å². The summed E-state index contributed by atoms with van der Waals surface area (Å²) in [5.74, 6) is 3.07. The number of oxazole rings is 1. The predicted octanol–water partition coefficient (Wildman–Crippen LogP) is 5.29. The van der Waals surface area contributed by atoms with Gasteiger partial charge in [-0.1, -0.05) is 20.8 Å². The van der Waals surface area contributed by atoms with Crippen molar-refractivity contribution in [3.05, 3.63) is 17.8 Å². The molecule has 0 aromatic carbocycles. The van der Waals surface area contributed by atoms with Crippen molar-refractivity contribution in [1.29, 1.82) is 0 Å². The Morgan fingerprint density at radius 2 is 1.89 bits per heavy atom. The van der Waals surface area contributed by atoms with Gasteiger partial charge in [-0.15, -0.1) is 11.6 Å². The first-order chi connectivity index (χ1) is 8.38. The Labute approximate surface area is 115 Å². The average Bonchev–Trinajstić information content (AvgIpc) is 2.77. The van der Waals surface area contributed by atoms with E-state index in [1.807, 2.05) is 13.1 Å². The van der Waals surface area contributed by atoms with Crippen LogP contribution >= 0.6 is 11.6 Å². The molecule has 18 heavy (non-hydrogen) atoms. The maximum Gasteiger partial charge on any atom is 0.212 e. The monoisotopic (exact) mass is 269 g/mol. The van der Waals surface area contributed by atoms with Gasteiger partial charge in [0.25, 0.3) is 0 Å². The molecule has 0 spiro atoms. The molecule has 1 aliphatic carbocycles. The van der Waals surface area contributed by atoms with Gasteiger partial charge in [-0.3, -0.25) is 0 Å². The molecule has 0 radical (unpaired) electrons. The zero-order chi connectivity index (χ0) is 13.3. The van der Waals surface area contributed by atoms with E-state index in [-0.39, 0.29) is 5.38 Å². The number of halogens is 1. The van der Waals surface area contributed by atoms with E-state index in [0.29, 0.717) is 17.2 Å². The van der Waals surface area contributed by atoms with Crippen molar-refractivity contribution in [2.75, 3.05) is 0 Å². The number of rotatable bonds is 2. The summed E-state index contributed by atoms with van der Waals surface area (Å²) in [6, 6.07) is 0. The molecular weight excluding hydrogens is 246 g/mol. The Balaban J connectivity index is 1.97. The molecule has 1 aromatic rings. The summed E-state index contributed by atoms with van der Waals surface area (Å²) in [5.41, 5.74) is 0.433. The second kappa shape index (κ2) is 5.24. The third-order valence-corrected chi connectivity index (χ3v) is 4.42. The average molecular weight is 270 g/mol. The highest BCUT2D eigenvalue weighted by Gasteiger charge is 2.31. The minimum absolute atomic E-state index is 0.135. The molecule has 0 N–H and O–H groups in total. The molecule has 2 rings (SSSR count). The molecule has 1 fully saturated rings. The summed E-state index contributed by atoms with van der Waals surface area (Å²) in [6.07, 6.45) is 6.89. The first-order valence-corrected chi connectivity index (χ1v) is 7.41. The fourth-order valence-corrected chi connectivity index (χ4v) is 3.02. The molecule has 2 nitrogen and oxygen atoms in total. The van der Waals surface area contributed by atoms with Crippen LogP contribution in [0.3, 0.4) is 0 Å². The summed E-state index contributed by atoms with van der Waals surface area (Å²) < 4.78 is 5.76. The lowest BCUT2D eigenvalue weighted by atomic mass is 9.69. The van der Waals surface area contributed by atoms with E-state index in [4.69, 9.17) is 16.0 Å². The largest absolute Gasteiger partial charge is 0.444 e. The van der Waals surface area contributed by atoms with E-state index < -0.39 is 0 Å². The van der Waals surface area contributed by atoms with E-state index in [9.17, 15) is 0 Å². The van der Waals surface area contributed by atoms with Crippen molar-refractivity contribution in [2.24, 2.45) is 11.3 Å². The number of hydrogen-bond acceptors (Lipinski definition) is 2. The molecule has 0 saturated heterocycles. The highest BCUT2D eigenvalue weighted by Crippen LogP contribution is 2.43. The van der Waals surface area contributed by atoms with Gasteiger partial charge in [-0.05, 0) is 43.9 Å². The highest BCUT2D eigenvalue weighted by atomic mass is 35.5. The first-order valence-electron chi connectivity index (χ1n) is 6.97. The lowest BCUT2D eigenvalue weighted by molar-refractivity contribution is 0.163. The molecule has 0 bridgehead atoms. The van der Waals surface area contributed by atoms with Crippen LogP contribution < -0.4 is 0 Å². The van der Waals surface area contributed by atoms with Gasteiger partial charge in [-0.25, -0.2) is 4.98 Å². The SMILES string of the molecule is CC(Cl)c1ncc(C2CCC(C(C)(C)C)CC2)o1. The predicted molar refractivity (Wildman–Crippen MR) is 74.9 cm³/mol. The van der Waals surface area contributed by atoms with Crippen molar-refractivity contribution in [3.63, 3.8) is 0 Å². The Bertz CT molecular complexity index is 383. The van der Waals surface area contributed by atoms with Gasteiger partial charge in [0, 0.05) is 5.92 Å². The smallest absolute Gasteiger partial charge is 0.212 e. The maximum absolute atomic E-state index is 5.98. The van der Waals surface area contributed by atoms with E-state index in [1.165, 1.54) is 25.7 Å². The number of hydrogen-bond donors (Lipinski definition) is 0. The van der Waals surface area contributed by atoms with Crippen LogP contribution in [0.2, 0.25) is 0 Å². The minimum Gasteiger partial charge on any atom is -0.444 e. The van der Waals surface area contributed by atoms with Crippen LogP contribution in [0, 0.1) is 11.3 Å². The van der Waals surface area contributed by atoms with Crippen LogP contribution in [0.25, 0.3) is 0 Å². The normalized spacial score (nSPS) is 27.2. The first kappa shape index (κ1) is 13.9.